The molecule has 1 aliphatic heterocycles. The van der Waals surface area contributed by atoms with E-state index in [-0.39, 0.29) is 12.1 Å². The van der Waals surface area contributed by atoms with Crippen LogP contribution in [0, 0.1) is 12.8 Å². The summed E-state index contributed by atoms with van der Waals surface area (Å²) in [6, 6.07) is 0.260. The van der Waals surface area contributed by atoms with Gasteiger partial charge in [0, 0.05) is 44.0 Å². The summed E-state index contributed by atoms with van der Waals surface area (Å²) in [4.78, 5) is 14.1. The number of hydrogen-bond acceptors (Lipinski definition) is 4. The van der Waals surface area contributed by atoms with Gasteiger partial charge < -0.3 is 15.0 Å². The van der Waals surface area contributed by atoms with Crippen LogP contribution >= 0.6 is 0 Å². The Balaban J connectivity index is 1.84. The number of nitrogens with zero attached hydrogens (tertiary/aromatic N) is 3. The molecule has 2 atom stereocenters. The average Bonchev–Trinajstić information content (AvgIpc) is 2.83. The number of rotatable bonds is 4. The van der Waals surface area contributed by atoms with Gasteiger partial charge in [-0.15, -0.1) is 0 Å². The number of nitrogens with one attached hydrogen (secondary N) is 1. The number of amides is 1. The molecule has 1 aromatic rings. The molecule has 1 N–H and O–H groups in total. The molecule has 0 bridgehead atoms. The molecule has 1 fully saturated rings. The molecule has 1 aromatic heterocycles. The van der Waals surface area contributed by atoms with E-state index >= 15 is 0 Å². The molecule has 6 nitrogen and oxygen atoms in total. The van der Waals surface area contributed by atoms with Crippen molar-refractivity contribution in [2.75, 3.05) is 19.6 Å². The maximum absolute atomic E-state index is 12.2. The number of aromatic nitrogens is 2. The average molecular weight is 336 g/mol. The summed E-state index contributed by atoms with van der Waals surface area (Å²) in [5.74, 6) is 0.464. The highest BCUT2D eigenvalue weighted by Gasteiger charge is 2.27. The van der Waals surface area contributed by atoms with Crippen LogP contribution < -0.4 is 5.32 Å². The van der Waals surface area contributed by atoms with Gasteiger partial charge in [0.1, 0.15) is 5.60 Å². The van der Waals surface area contributed by atoms with E-state index < -0.39 is 5.60 Å². The second-order valence-electron chi connectivity index (χ2n) is 7.87. The number of piperidine rings is 1. The van der Waals surface area contributed by atoms with E-state index in [4.69, 9.17) is 4.74 Å². The highest BCUT2D eigenvalue weighted by Crippen LogP contribution is 2.21. The van der Waals surface area contributed by atoms with Gasteiger partial charge in [0.25, 0.3) is 0 Å². The molecule has 0 aromatic carbocycles. The third-order valence-electron chi connectivity index (χ3n) is 4.62. The summed E-state index contributed by atoms with van der Waals surface area (Å²) in [7, 11) is 1.96. The minimum absolute atomic E-state index is 0.191. The van der Waals surface area contributed by atoms with Crippen molar-refractivity contribution in [1.82, 2.24) is 20.0 Å². The highest BCUT2D eigenvalue weighted by atomic mass is 16.6. The van der Waals surface area contributed by atoms with E-state index in [0.29, 0.717) is 5.92 Å². The Kier molecular flexibility index (Phi) is 5.91. The predicted molar refractivity (Wildman–Crippen MR) is 94.9 cm³/mol. The fourth-order valence-corrected chi connectivity index (χ4v) is 3.12. The molecule has 0 radical (unpaired) electrons. The molecule has 1 aliphatic rings. The highest BCUT2D eigenvalue weighted by molar-refractivity contribution is 5.68. The molecule has 0 saturated carbocycles. The van der Waals surface area contributed by atoms with Gasteiger partial charge in [0.15, 0.2) is 0 Å². The van der Waals surface area contributed by atoms with Gasteiger partial charge in [-0.05, 0) is 53.4 Å². The summed E-state index contributed by atoms with van der Waals surface area (Å²) in [5.41, 5.74) is 1.99. The molecule has 1 saturated heterocycles. The summed E-state index contributed by atoms with van der Waals surface area (Å²) in [6.07, 6.45) is 3.92. The maximum atomic E-state index is 12.2. The lowest BCUT2D eigenvalue weighted by Gasteiger charge is -2.34. The monoisotopic (exact) mass is 336 g/mol. The van der Waals surface area contributed by atoms with Gasteiger partial charge in [0.2, 0.25) is 0 Å². The standard InChI is InChI=1S/C18H32N4O2/c1-13(16-11-20-21(6)14(16)2)19-10-15-8-7-9-22(12-15)17(23)24-18(3,4)5/h11,13,15,19H,7-10,12H2,1-6H3. The Morgan fingerprint density at radius 3 is 2.79 bits per heavy atom. The van der Waals surface area contributed by atoms with Crippen LogP contribution in [0.5, 0.6) is 0 Å². The largest absolute Gasteiger partial charge is 0.444 e. The van der Waals surface area contributed by atoms with Gasteiger partial charge in [0.05, 0.1) is 6.20 Å². The van der Waals surface area contributed by atoms with Crippen LogP contribution in [0.3, 0.4) is 0 Å². The van der Waals surface area contributed by atoms with Crippen molar-refractivity contribution in [2.24, 2.45) is 13.0 Å². The Labute approximate surface area is 145 Å². The molecule has 0 aliphatic carbocycles. The fraction of sp³-hybridized carbons (Fsp3) is 0.778. The van der Waals surface area contributed by atoms with Gasteiger partial charge in [-0.25, -0.2) is 4.79 Å². The van der Waals surface area contributed by atoms with E-state index in [9.17, 15) is 4.79 Å². The van der Waals surface area contributed by atoms with Crippen LogP contribution in [-0.2, 0) is 11.8 Å². The summed E-state index contributed by atoms with van der Waals surface area (Å²) >= 11 is 0. The lowest BCUT2D eigenvalue weighted by Crippen LogP contribution is -2.45. The Bertz CT molecular complexity index is 562. The summed E-state index contributed by atoms with van der Waals surface area (Å²) in [6.45, 7) is 12.4. The SMILES string of the molecule is Cc1c(C(C)NCC2CCCN(C(=O)OC(C)(C)C)C2)cnn1C. The first-order chi connectivity index (χ1) is 11.2. The molecule has 2 unspecified atom stereocenters. The topological polar surface area (TPSA) is 59.4 Å². The second kappa shape index (κ2) is 7.55. The van der Waals surface area contributed by atoms with Crippen molar-refractivity contribution >= 4 is 6.09 Å². The first kappa shape index (κ1) is 18.8. The van der Waals surface area contributed by atoms with Crippen LogP contribution in [0.25, 0.3) is 0 Å². The van der Waals surface area contributed by atoms with Gasteiger partial charge in [-0.2, -0.15) is 5.10 Å². The minimum Gasteiger partial charge on any atom is -0.444 e. The third kappa shape index (κ3) is 4.97. The van der Waals surface area contributed by atoms with Crippen molar-refractivity contribution < 1.29 is 9.53 Å². The van der Waals surface area contributed by atoms with Gasteiger partial charge in [-0.1, -0.05) is 0 Å². The number of likely N-dealkylation sites (tertiary alicyclic amines) is 1. The van der Waals surface area contributed by atoms with Crippen LogP contribution in [-0.4, -0.2) is 46.0 Å². The van der Waals surface area contributed by atoms with Crippen molar-refractivity contribution in [3.05, 3.63) is 17.5 Å². The van der Waals surface area contributed by atoms with Crippen LogP contribution in [0.1, 0.15) is 57.8 Å². The molecule has 2 heterocycles. The van der Waals surface area contributed by atoms with E-state index in [1.807, 2.05) is 43.6 Å². The third-order valence-corrected chi connectivity index (χ3v) is 4.62. The Morgan fingerprint density at radius 1 is 1.50 bits per heavy atom. The lowest BCUT2D eigenvalue weighted by molar-refractivity contribution is 0.0165. The molecule has 1 amide bonds. The summed E-state index contributed by atoms with van der Waals surface area (Å²) in [5, 5.41) is 7.91. The normalized spacial score (nSPS) is 20.1. The zero-order chi connectivity index (χ0) is 17.9. The predicted octanol–water partition coefficient (Wildman–Crippen LogP) is 3.03. The zero-order valence-corrected chi connectivity index (χ0v) is 15.9. The second-order valence-corrected chi connectivity index (χ2v) is 7.87. The number of carbonyl (C=O) groups excluding carboxylic acids is 1. The number of ether oxygens (including phenoxy) is 1. The summed E-state index contributed by atoms with van der Waals surface area (Å²) < 4.78 is 7.40. The van der Waals surface area contributed by atoms with Crippen molar-refractivity contribution in [2.45, 2.75) is 59.1 Å². The maximum Gasteiger partial charge on any atom is 0.410 e. The van der Waals surface area contributed by atoms with E-state index in [1.165, 1.54) is 11.3 Å². The van der Waals surface area contributed by atoms with E-state index in [2.05, 4.69) is 24.3 Å². The number of aryl methyl sites for hydroxylation is 1. The van der Waals surface area contributed by atoms with E-state index in [0.717, 1.165) is 32.5 Å². The first-order valence-electron chi connectivity index (χ1n) is 8.87. The molecular formula is C18H32N4O2. The van der Waals surface area contributed by atoms with Gasteiger partial charge in [-0.3, -0.25) is 4.68 Å². The smallest absolute Gasteiger partial charge is 0.410 e. The zero-order valence-electron chi connectivity index (χ0n) is 15.9. The molecule has 136 valence electrons. The van der Waals surface area contributed by atoms with Crippen molar-refractivity contribution in [3.8, 4) is 0 Å². The van der Waals surface area contributed by atoms with E-state index in [1.54, 1.807) is 0 Å². The molecule has 0 spiro atoms. The first-order valence-corrected chi connectivity index (χ1v) is 8.87. The lowest BCUT2D eigenvalue weighted by atomic mass is 9.97. The minimum atomic E-state index is -0.436. The van der Waals surface area contributed by atoms with Crippen LogP contribution in [0.4, 0.5) is 4.79 Å². The molecule has 6 heteroatoms. The number of carbonyl (C=O) groups is 1. The Hall–Kier alpha value is -1.56. The quantitative estimate of drug-likeness (QED) is 0.918. The molecule has 2 rings (SSSR count). The fourth-order valence-electron chi connectivity index (χ4n) is 3.12. The molecule has 24 heavy (non-hydrogen) atoms. The van der Waals surface area contributed by atoms with Crippen LogP contribution in [0.2, 0.25) is 0 Å². The van der Waals surface area contributed by atoms with Crippen molar-refractivity contribution in [1.29, 1.82) is 0 Å². The number of hydrogen-bond donors (Lipinski definition) is 1. The van der Waals surface area contributed by atoms with Crippen LogP contribution in [0.15, 0.2) is 6.20 Å². The molecular weight excluding hydrogens is 304 g/mol. The van der Waals surface area contributed by atoms with Gasteiger partial charge >= 0.3 is 6.09 Å². The Morgan fingerprint density at radius 2 is 2.21 bits per heavy atom. The van der Waals surface area contributed by atoms with Crippen molar-refractivity contribution in [3.63, 3.8) is 0 Å².